The monoisotopic (exact) mass is 332 g/mol. The number of ketones is 1. The number of hydrogen-bond acceptors (Lipinski definition) is 5. The summed E-state index contributed by atoms with van der Waals surface area (Å²) in [5.74, 6) is 1.91. The molecule has 0 fully saturated rings. The number of imidazole rings is 1. The van der Waals surface area contributed by atoms with Gasteiger partial charge in [0.1, 0.15) is 5.75 Å². The Morgan fingerprint density at radius 2 is 2.32 bits per heavy atom. The predicted octanol–water partition coefficient (Wildman–Crippen LogP) is 4.39. The molecule has 0 aliphatic heterocycles. The summed E-state index contributed by atoms with van der Waals surface area (Å²) in [5.41, 5.74) is 1.90. The van der Waals surface area contributed by atoms with Gasteiger partial charge in [-0.25, -0.2) is 4.98 Å². The first kappa shape index (κ1) is 15.1. The third kappa shape index (κ3) is 3.51. The minimum absolute atomic E-state index is 0.227. The smallest absolute Gasteiger partial charge is 0.172 e. The summed E-state index contributed by atoms with van der Waals surface area (Å²) in [7, 11) is 1.65. The number of thioether (sulfide) groups is 1. The second-order valence-corrected chi connectivity index (χ2v) is 6.81. The summed E-state index contributed by atoms with van der Waals surface area (Å²) in [6, 6.07) is 9.57. The molecule has 114 valence electrons. The van der Waals surface area contributed by atoms with Gasteiger partial charge in [0.25, 0.3) is 0 Å². The molecule has 2 aromatic heterocycles. The minimum atomic E-state index is 0.227. The highest BCUT2D eigenvalue weighted by Crippen LogP contribution is 2.24. The van der Waals surface area contributed by atoms with Gasteiger partial charge in [0.15, 0.2) is 10.9 Å². The van der Waals surface area contributed by atoms with Crippen LogP contribution in [-0.4, -0.2) is 28.6 Å². The molecule has 0 spiro atoms. The summed E-state index contributed by atoms with van der Waals surface area (Å²) >= 11 is 3.15. The van der Waals surface area contributed by atoms with Crippen molar-refractivity contribution >= 4 is 39.9 Å². The molecule has 0 aliphatic rings. The van der Waals surface area contributed by atoms with Crippen molar-refractivity contribution in [3.05, 3.63) is 40.6 Å². The zero-order valence-electron chi connectivity index (χ0n) is 12.2. The van der Waals surface area contributed by atoms with Crippen LogP contribution in [0.25, 0.3) is 11.0 Å². The number of benzene rings is 1. The van der Waals surface area contributed by atoms with Crippen LogP contribution in [0, 0.1) is 0 Å². The lowest BCUT2D eigenvalue weighted by Gasteiger charge is -1.98. The maximum Gasteiger partial charge on any atom is 0.172 e. The summed E-state index contributed by atoms with van der Waals surface area (Å²) in [4.78, 5) is 20.5. The van der Waals surface area contributed by atoms with E-state index in [9.17, 15) is 4.79 Å². The van der Waals surface area contributed by atoms with Crippen molar-refractivity contribution in [3.8, 4) is 5.75 Å². The van der Waals surface area contributed by atoms with E-state index in [1.165, 1.54) is 11.3 Å². The van der Waals surface area contributed by atoms with Gasteiger partial charge in [-0.15, -0.1) is 11.3 Å². The van der Waals surface area contributed by atoms with Gasteiger partial charge in [-0.05, 0) is 30.0 Å². The van der Waals surface area contributed by atoms with Gasteiger partial charge in [-0.2, -0.15) is 0 Å². The molecule has 3 rings (SSSR count). The largest absolute Gasteiger partial charge is 0.497 e. The van der Waals surface area contributed by atoms with Crippen LogP contribution < -0.4 is 4.74 Å². The Balaban J connectivity index is 1.52. The van der Waals surface area contributed by atoms with Crippen LogP contribution >= 0.6 is 23.1 Å². The third-order valence-corrected chi connectivity index (χ3v) is 5.12. The number of methoxy groups -OCH3 is 1. The number of fused-ring (bicyclic) bond motifs is 1. The highest BCUT2D eigenvalue weighted by molar-refractivity contribution is 7.99. The van der Waals surface area contributed by atoms with Crippen molar-refractivity contribution < 1.29 is 9.53 Å². The topological polar surface area (TPSA) is 55.0 Å². The van der Waals surface area contributed by atoms with E-state index in [1.54, 1.807) is 18.9 Å². The van der Waals surface area contributed by atoms with Crippen molar-refractivity contribution in [1.29, 1.82) is 0 Å². The number of hydrogen-bond donors (Lipinski definition) is 1. The van der Waals surface area contributed by atoms with E-state index in [4.69, 9.17) is 4.74 Å². The number of Topliss-reactive ketones (excluding diaryl/α,β-unsaturated/α-hetero) is 1. The second-order valence-electron chi connectivity index (χ2n) is 4.78. The average Bonchev–Trinajstić information content (AvgIpc) is 3.19. The SMILES string of the molecule is COc1ccc2nc(SCCCC(=O)c3cccs3)[nH]c2c1. The molecule has 6 heteroatoms. The quantitative estimate of drug-likeness (QED) is 0.396. The minimum Gasteiger partial charge on any atom is -0.497 e. The van der Waals surface area contributed by atoms with Gasteiger partial charge in [0.2, 0.25) is 0 Å². The number of H-pyrrole nitrogens is 1. The third-order valence-electron chi connectivity index (χ3n) is 3.25. The molecule has 0 atom stereocenters. The summed E-state index contributed by atoms with van der Waals surface area (Å²) in [6.07, 6.45) is 1.43. The number of ether oxygens (including phenoxy) is 1. The maximum atomic E-state index is 11.9. The number of aromatic nitrogens is 2. The van der Waals surface area contributed by atoms with Crippen LogP contribution in [0.1, 0.15) is 22.5 Å². The van der Waals surface area contributed by atoms with E-state index in [0.717, 1.165) is 39.0 Å². The molecule has 0 saturated heterocycles. The fraction of sp³-hybridized carbons (Fsp3) is 0.250. The van der Waals surface area contributed by atoms with E-state index in [1.807, 2.05) is 35.7 Å². The Labute approximate surface area is 136 Å². The predicted molar refractivity (Wildman–Crippen MR) is 91.3 cm³/mol. The van der Waals surface area contributed by atoms with E-state index in [0.29, 0.717) is 6.42 Å². The van der Waals surface area contributed by atoms with Gasteiger partial charge in [-0.3, -0.25) is 4.79 Å². The molecule has 0 radical (unpaired) electrons. The molecule has 0 bridgehead atoms. The number of nitrogens with zero attached hydrogens (tertiary/aromatic N) is 1. The van der Waals surface area contributed by atoms with Crippen molar-refractivity contribution in [2.45, 2.75) is 18.0 Å². The zero-order chi connectivity index (χ0) is 15.4. The van der Waals surface area contributed by atoms with Crippen LogP contribution in [0.15, 0.2) is 40.9 Å². The maximum absolute atomic E-state index is 11.9. The molecule has 0 aliphatic carbocycles. The number of carbonyl (C=O) groups excluding carboxylic acids is 1. The number of aromatic amines is 1. The molecule has 4 nitrogen and oxygen atoms in total. The first-order valence-corrected chi connectivity index (χ1v) is 8.86. The summed E-state index contributed by atoms with van der Waals surface area (Å²) in [6.45, 7) is 0. The van der Waals surface area contributed by atoms with Crippen molar-refractivity contribution in [2.24, 2.45) is 0 Å². The standard InChI is InChI=1S/C16H16N2O2S2/c1-20-11-6-7-12-13(10-11)18-16(17-12)22-9-2-4-14(19)15-5-3-8-21-15/h3,5-8,10H,2,4,9H2,1H3,(H,17,18). The molecule has 1 N–H and O–H groups in total. The molecule has 22 heavy (non-hydrogen) atoms. The van der Waals surface area contributed by atoms with Crippen molar-refractivity contribution in [1.82, 2.24) is 9.97 Å². The van der Waals surface area contributed by atoms with E-state index in [-0.39, 0.29) is 5.78 Å². The molecule has 0 amide bonds. The number of nitrogens with one attached hydrogen (secondary N) is 1. The normalized spacial score (nSPS) is 11.0. The first-order valence-electron chi connectivity index (χ1n) is 6.99. The van der Waals surface area contributed by atoms with Gasteiger partial charge >= 0.3 is 0 Å². The van der Waals surface area contributed by atoms with Crippen LogP contribution in [0.5, 0.6) is 5.75 Å². The van der Waals surface area contributed by atoms with Gasteiger partial charge < -0.3 is 9.72 Å². The van der Waals surface area contributed by atoms with Crippen LogP contribution in [0.2, 0.25) is 0 Å². The molecule has 1 aromatic carbocycles. The average molecular weight is 332 g/mol. The second kappa shape index (κ2) is 6.98. The Bertz CT molecular complexity index is 766. The van der Waals surface area contributed by atoms with E-state index >= 15 is 0 Å². The highest BCUT2D eigenvalue weighted by Gasteiger charge is 2.08. The lowest BCUT2D eigenvalue weighted by Crippen LogP contribution is -1.96. The van der Waals surface area contributed by atoms with Crippen molar-refractivity contribution in [3.63, 3.8) is 0 Å². The van der Waals surface area contributed by atoms with Crippen LogP contribution in [0.3, 0.4) is 0 Å². The van der Waals surface area contributed by atoms with Crippen LogP contribution in [-0.2, 0) is 0 Å². The molecule has 0 unspecified atom stereocenters. The number of carbonyl (C=O) groups is 1. The number of rotatable bonds is 7. The summed E-state index contributed by atoms with van der Waals surface area (Å²) in [5, 5.41) is 2.82. The zero-order valence-corrected chi connectivity index (χ0v) is 13.8. The Morgan fingerprint density at radius 1 is 1.41 bits per heavy atom. The Hall–Kier alpha value is -1.79. The van der Waals surface area contributed by atoms with Gasteiger partial charge in [0, 0.05) is 18.2 Å². The molecule has 2 heterocycles. The highest BCUT2D eigenvalue weighted by atomic mass is 32.2. The molecule has 0 saturated carbocycles. The molecular weight excluding hydrogens is 316 g/mol. The van der Waals surface area contributed by atoms with E-state index < -0.39 is 0 Å². The summed E-state index contributed by atoms with van der Waals surface area (Å²) < 4.78 is 5.20. The molecule has 3 aromatic rings. The van der Waals surface area contributed by atoms with Crippen molar-refractivity contribution in [2.75, 3.05) is 12.9 Å². The fourth-order valence-corrected chi connectivity index (χ4v) is 3.64. The lowest BCUT2D eigenvalue weighted by molar-refractivity contribution is 0.0986. The van der Waals surface area contributed by atoms with Crippen LogP contribution in [0.4, 0.5) is 0 Å². The Kier molecular flexibility index (Phi) is 4.80. The first-order chi connectivity index (χ1) is 10.8. The number of thiophene rings is 1. The lowest BCUT2D eigenvalue weighted by atomic mass is 10.2. The van der Waals surface area contributed by atoms with Gasteiger partial charge in [0.05, 0.1) is 23.0 Å². The fourth-order valence-electron chi connectivity index (χ4n) is 2.12. The van der Waals surface area contributed by atoms with Gasteiger partial charge in [-0.1, -0.05) is 17.8 Å². The Morgan fingerprint density at radius 3 is 3.09 bits per heavy atom. The molecular formula is C16H16N2O2S2. The van der Waals surface area contributed by atoms with E-state index in [2.05, 4.69) is 9.97 Å².